The Hall–Kier alpha value is -4.09. The normalized spacial score (nSPS) is 22.6. The van der Waals surface area contributed by atoms with Crippen LogP contribution in [0.5, 0.6) is 0 Å². The highest BCUT2D eigenvalue weighted by Crippen LogP contribution is 2.44. The number of pyridine rings is 1. The number of nitrogens with two attached hydrogens (primary N) is 1. The van der Waals surface area contributed by atoms with Crippen molar-refractivity contribution in [2.75, 3.05) is 48.3 Å². The lowest BCUT2D eigenvalue weighted by Gasteiger charge is -2.33. The Balaban J connectivity index is 0.955. The smallest absolute Gasteiger partial charge is 0.410 e. The van der Waals surface area contributed by atoms with Crippen LogP contribution in [0.1, 0.15) is 77.5 Å². The highest BCUT2D eigenvalue weighted by molar-refractivity contribution is 5.92. The number of nitrogens with one attached hydrogen (secondary N) is 3. The fourth-order valence-electron chi connectivity index (χ4n) is 6.71. The molecule has 1 amide bonds. The van der Waals surface area contributed by atoms with Crippen LogP contribution in [0.15, 0.2) is 64.9 Å². The number of carbonyl (C=O) groups excluding carboxylic acids is 1. The van der Waals surface area contributed by atoms with Gasteiger partial charge in [-0.25, -0.2) is 14.8 Å². The number of amides is 1. The minimum absolute atomic E-state index is 0.220. The molecule has 1 aromatic heterocycles. The van der Waals surface area contributed by atoms with E-state index in [9.17, 15) is 9.90 Å². The number of rotatable bonds is 10. The summed E-state index contributed by atoms with van der Waals surface area (Å²) in [6.07, 6.45) is 10.3. The summed E-state index contributed by atoms with van der Waals surface area (Å²) in [6, 6.07) is 12.6. The molecule has 3 heterocycles. The van der Waals surface area contributed by atoms with Gasteiger partial charge >= 0.3 is 6.09 Å². The molecule has 1 saturated heterocycles. The molecule has 1 atom stereocenters. The van der Waals surface area contributed by atoms with Gasteiger partial charge in [0.15, 0.2) is 5.96 Å². The summed E-state index contributed by atoms with van der Waals surface area (Å²) >= 11 is 0. The molecule has 11 nitrogen and oxygen atoms in total. The molecule has 48 heavy (non-hydrogen) atoms. The first-order valence-corrected chi connectivity index (χ1v) is 17.6. The molecule has 2 fully saturated rings. The molecule has 6 N–H and O–H groups in total. The van der Waals surface area contributed by atoms with Crippen LogP contribution in [-0.4, -0.2) is 71.4 Å². The molecule has 1 saturated carbocycles. The van der Waals surface area contributed by atoms with Crippen LogP contribution in [0.3, 0.4) is 0 Å². The van der Waals surface area contributed by atoms with E-state index in [2.05, 4.69) is 44.1 Å². The van der Waals surface area contributed by atoms with E-state index >= 15 is 0 Å². The number of aliphatic imine (C=N–C) groups is 1. The standard InChI is InChI=1S/C37H52N8O3/c1-5-37(47)17-14-27-8-13-32(43-33(27)37)45-24-25(22-31(45)26-6-7-26)23-41-34(38)42-30-11-9-28(10-12-30)39-18-19-40-29-15-20-44(21-16-29)35(46)48-36(2,3)4/h8-13,22-23,26,29,39-40,47H,5-7,14-21,24H2,1-4H3,(H3,38,41,42)/b25-23-/t37-/m1/s1. The number of likely N-dealkylation sites (tertiary alicyclic amines) is 1. The van der Waals surface area contributed by atoms with Crippen LogP contribution < -0.4 is 26.6 Å². The molecule has 0 unspecified atom stereocenters. The maximum Gasteiger partial charge on any atom is 0.410 e. The van der Waals surface area contributed by atoms with Crippen molar-refractivity contribution in [3.63, 3.8) is 0 Å². The van der Waals surface area contributed by atoms with Crippen LogP contribution in [0.2, 0.25) is 0 Å². The average Bonchev–Trinajstić information content (AvgIpc) is 3.74. The van der Waals surface area contributed by atoms with Gasteiger partial charge in [0.05, 0.1) is 12.2 Å². The van der Waals surface area contributed by atoms with Gasteiger partial charge in [-0.1, -0.05) is 13.0 Å². The summed E-state index contributed by atoms with van der Waals surface area (Å²) in [5.74, 6) is 1.76. The second-order valence-electron chi connectivity index (χ2n) is 14.5. The van der Waals surface area contributed by atoms with Gasteiger partial charge in [0.2, 0.25) is 0 Å². The molecule has 0 spiro atoms. The summed E-state index contributed by atoms with van der Waals surface area (Å²) in [5.41, 5.74) is 11.2. The SMILES string of the molecule is CC[C@@]1(O)CCc2ccc(N3C/C(=C\N=C(/N)Nc4ccc(NCCNC5CCN(C(=O)OC(C)(C)C)CC5)cc4)C=C3C3CC3)nc21. The van der Waals surface area contributed by atoms with Gasteiger partial charge in [0.1, 0.15) is 17.0 Å². The fourth-order valence-corrected chi connectivity index (χ4v) is 6.71. The average molecular weight is 657 g/mol. The van der Waals surface area contributed by atoms with E-state index in [0.29, 0.717) is 44.0 Å². The molecule has 4 aliphatic rings. The van der Waals surface area contributed by atoms with Crippen molar-refractivity contribution in [1.82, 2.24) is 15.2 Å². The number of allylic oxidation sites excluding steroid dienone is 1. The molecule has 0 bridgehead atoms. The molecule has 6 rings (SSSR count). The van der Waals surface area contributed by atoms with Crippen molar-refractivity contribution in [2.45, 2.75) is 89.9 Å². The van der Waals surface area contributed by atoms with Crippen LogP contribution >= 0.6 is 0 Å². The number of aliphatic hydroxyl groups is 1. The zero-order valence-corrected chi connectivity index (χ0v) is 28.9. The van der Waals surface area contributed by atoms with Crippen molar-refractivity contribution in [3.05, 3.63) is 71.2 Å². The van der Waals surface area contributed by atoms with Gasteiger partial charge in [-0.3, -0.25) is 0 Å². The van der Waals surface area contributed by atoms with E-state index in [4.69, 9.17) is 15.5 Å². The van der Waals surface area contributed by atoms with E-state index in [1.54, 1.807) is 4.90 Å². The number of benzene rings is 1. The maximum atomic E-state index is 12.3. The molecule has 2 aliphatic heterocycles. The fraction of sp³-hybridized carbons (Fsp3) is 0.541. The Bertz CT molecular complexity index is 1550. The second-order valence-corrected chi connectivity index (χ2v) is 14.5. The number of piperidine rings is 1. The minimum atomic E-state index is -0.825. The summed E-state index contributed by atoms with van der Waals surface area (Å²) in [5, 5.41) is 21.4. The summed E-state index contributed by atoms with van der Waals surface area (Å²) in [4.78, 5) is 25.9. The number of carbonyl (C=O) groups is 1. The van der Waals surface area contributed by atoms with Crippen molar-refractivity contribution < 1.29 is 14.6 Å². The Morgan fingerprint density at radius 2 is 1.83 bits per heavy atom. The lowest BCUT2D eigenvalue weighted by atomic mass is 9.98. The molecule has 1 aromatic carbocycles. The van der Waals surface area contributed by atoms with Gasteiger partial charge in [-0.15, -0.1) is 0 Å². The van der Waals surface area contributed by atoms with Gasteiger partial charge in [-0.05, 0) is 119 Å². The predicted octanol–water partition coefficient (Wildman–Crippen LogP) is 5.45. The molecule has 2 aromatic rings. The molecule has 0 radical (unpaired) electrons. The Morgan fingerprint density at radius 1 is 1.10 bits per heavy atom. The first-order chi connectivity index (χ1) is 23.0. The third kappa shape index (κ3) is 8.30. The molecule has 2 aliphatic carbocycles. The maximum absolute atomic E-state index is 12.3. The summed E-state index contributed by atoms with van der Waals surface area (Å²) < 4.78 is 5.50. The van der Waals surface area contributed by atoms with Gasteiger partial charge in [0, 0.05) is 55.5 Å². The highest BCUT2D eigenvalue weighted by atomic mass is 16.6. The van der Waals surface area contributed by atoms with Crippen molar-refractivity contribution in [3.8, 4) is 0 Å². The van der Waals surface area contributed by atoms with Crippen LogP contribution in [0, 0.1) is 5.92 Å². The Labute approximate surface area is 284 Å². The number of guanidine groups is 1. The molecular formula is C37H52N8O3. The molecule has 11 heteroatoms. The van der Waals surface area contributed by atoms with Gasteiger partial charge in [0.25, 0.3) is 0 Å². The third-order valence-corrected chi connectivity index (χ3v) is 9.62. The van der Waals surface area contributed by atoms with Crippen molar-refractivity contribution in [1.29, 1.82) is 0 Å². The molecule has 258 valence electrons. The van der Waals surface area contributed by atoms with Crippen molar-refractivity contribution in [2.24, 2.45) is 16.6 Å². The Kier molecular flexibility index (Phi) is 9.98. The summed E-state index contributed by atoms with van der Waals surface area (Å²) in [6.45, 7) is 11.5. The predicted molar refractivity (Wildman–Crippen MR) is 192 cm³/mol. The zero-order chi connectivity index (χ0) is 33.9. The highest BCUT2D eigenvalue weighted by Gasteiger charge is 2.39. The number of hydrogen-bond acceptors (Lipinski definition) is 8. The topological polar surface area (TPSA) is 140 Å². The molecular weight excluding hydrogens is 604 g/mol. The number of aromatic nitrogens is 1. The number of aryl methyl sites for hydroxylation is 1. The minimum Gasteiger partial charge on any atom is -0.444 e. The quantitative estimate of drug-likeness (QED) is 0.128. The van der Waals surface area contributed by atoms with Crippen molar-refractivity contribution >= 4 is 29.2 Å². The first kappa shape index (κ1) is 33.8. The zero-order valence-electron chi connectivity index (χ0n) is 28.9. The van der Waals surface area contributed by atoms with E-state index in [1.807, 2.05) is 58.2 Å². The lowest BCUT2D eigenvalue weighted by Crippen LogP contribution is -2.47. The van der Waals surface area contributed by atoms with E-state index < -0.39 is 11.2 Å². The van der Waals surface area contributed by atoms with E-state index in [-0.39, 0.29) is 6.09 Å². The monoisotopic (exact) mass is 656 g/mol. The second kappa shape index (κ2) is 14.2. The third-order valence-electron chi connectivity index (χ3n) is 9.62. The van der Waals surface area contributed by atoms with Crippen LogP contribution in [0.25, 0.3) is 0 Å². The number of fused-ring (bicyclic) bond motifs is 1. The number of hydrogen-bond donors (Lipinski definition) is 5. The number of anilines is 3. The van der Waals surface area contributed by atoms with E-state index in [1.165, 1.54) is 18.5 Å². The Morgan fingerprint density at radius 3 is 2.52 bits per heavy atom. The first-order valence-electron chi connectivity index (χ1n) is 17.6. The van der Waals surface area contributed by atoms with Gasteiger partial charge < -0.3 is 41.3 Å². The number of nitrogens with zero attached hydrogens (tertiary/aromatic N) is 4. The van der Waals surface area contributed by atoms with E-state index in [0.717, 1.165) is 72.8 Å². The lowest BCUT2D eigenvalue weighted by molar-refractivity contribution is 0.0198. The van der Waals surface area contributed by atoms with Crippen LogP contribution in [0.4, 0.5) is 22.0 Å². The van der Waals surface area contributed by atoms with Gasteiger partial charge in [-0.2, -0.15) is 0 Å². The van der Waals surface area contributed by atoms with Crippen LogP contribution in [-0.2, 0) is 16.8 Å². The summed E-state index contributed by atoms with van der Waals surface area (Å²) in [7, 11) is 0. The largest absolute Gasteiger partial charge is 0.444 e. The number of ether oxygens (including phenoxy) is 1.